The lowest BCUT2D eigenvalue weighted by atomic mass is 9.99. The number of nitrogen functional groups attached to an aromatic ring is 1. The van der Waals surface area contributed by atoms with Crippen LogP contribution in [0.3, 0.4) is 0 Å². The molecule has 0 spiro atoms. The second kappa shape index (κ2) is 13.0. The number of aromatic carboxylic acids is 1. The Hall–Kier alpha value is -5.95. The number of carbonyl (C=O) groups excluding carboxylic acids is 2. The highest BCUT2D eigenvalue weighted by Gasteiger charge is 2.54. The Morgan fingerprint density at radius 2 is 2.04 bits per heavy atom. The van der Waals surface area contributed by atoms with Crippen molar-refractivity contribution in [3.05, 3.63) is 94.3 Å². The molecule has 2 aromatic rings. The van der Waals surface area contributed by atoms with Gasteiger partial charge < -0.3 is 46.6 Å². The van der Waals surface area contributed by atoms with E-state index in [2.05, 4.69) is 20.9 Å². The van der Waals surface area contributed by atoms with Gasteiger partial charge in [0.15, 0.2) is 22.7 Å². The van der Waals surface area contributed by atoms with Gasteiger partial charge in [0, 0.05) is 41.8 Å². The predicted octanol–water partition coefficient (Wildman–Crippen LogP) is 1.18. The van der Waals surface area contributed by atoms with Gasteiger partial charge in [0.2, 0.25) is 0 Å². The maximum absolute atomic E-state index is 13.1. The van der Waals surface area contributed by atoms with E-state index in [-0.39, 0.29) is 27.8 Å². The molecule has 1 aromatic heterocycles. The summed E-state index contributed by atoms with van der Waals surface area (Å²) >= 11 is 2.31. The number of allylic oxidation sites excluding steroid dienone is 3. The number of β-lactam (4-membered cyclic amide) rings is 1. The Kier molecular flexibility index (Phi) is 8.70. The number of hydrogen-bond acceptors (Lipinski definition) is 15. The molecule has 4 aliphatic heterocycles. The number of aromatic nitrogens is 1. The first-order valence-corrected chi connectivity index (χ1v) is 15.9. The Morgan fingerprint density at radius 3 is 2.77 bits per heavy atom. The van der Waals surface area contributed by atoms with Gasteiger partial charge >= 0.3 is 11.9 Å². The molecule has 2 amide bonds. The molecule has 8 N–H and O–H groups in total. The number of carboxylic acids is 2. The molecule has 1 saturated heterocycles. The van der Waals surface area contributed by atoms with Crippen LogP contribution in [0.15, 0.2) is 82.7 Å². The first-order chi connectivity index (χ1) is 23.0. The molecule has 48 heavy (non-hydrogen) atoms. The molecule has 0 bridgehead atoms. The minimum absolute atomic E-state index is 0.114. The van der Waals surface area contributed by atoms with E-state index in [9.17, 15) is 39.6 Å². The predicted molar refractivity (Wildman–Crippen MR) is 172 cm³/mol. The van der Waals surface area contributed by atoms with Gasteiger partial charge in [-0.2, -0.15) is 0 Å². The number of nitrogens with two attached hydrogens (primary N) is 1. The van der Waals surface area contributed by atoms with Crippen LogP contribution in [0.1, 0.15) is 27.7 Å². The van der Waals surface area contributed by atoms with Crippen molar-refractivity contribution in [1.29, 1.82) is 0 Å². The van der Waals surface area contributed by atoms with Gasteiger partial charge in [-0.25, -0.2) is 19.6 Å². The Balaban J connectivity index is 1.12. The number of thioether (sulfide) groups is 1. The van der Waals surface area contributed by atoms with Crippen molar-refractivity contribution >= 4 is 58.2 Å². The molecule has 17 nitrogen and oxygen atoms in total. The van der Waals surface area contributed by atoms with Crippen molar-refractivity contribution in [3.63, 3.8) is 0 Å². The summed E-state index contributed by atoms with van der Waals surface area (Å²) in [6, 6.07) is 1.20. The van der Waals surface area contributed by atoms with E-state index in [1.807, 2.05) is 34.5 Å². The fourth-order valence-corrected chi connectivity index (χ4v) is 7.17. The summed E-state index contributed by atoms with van der Waals surface area (Å²) in [5.41, 5.74) is 8.37. The Morgan fingerprint density at radius 1 is 1.23 bits per heavy atom. The largest absolute Gasteiger partial charge is 0.504 e. The van der Waals surface area contributed by atoms with E-state index < -0.39 is 58.3 Å². The molecule has 6 rings (SSSR count). The number of aliphatic carboxylic acids is 1. The smallest absolute Gasteiger partial charge is 0.352 e. The second-order valence-corrected chi connectivity index (χ2v) is 12.3. The van der Waals surface area contributed by atoms with Crippen molar-refractivity contribution in [2.45, 2.75) is 17.5 Å². The number of thiazole rings is 1. The summed E-state index contributed by atoms with van der Waals surface area (Å²) in [6.45, 7) is 0.453. The lowest BCUT2D eigenvalue weighted by Crippen LogP contribution is -2.70. The molecule has 3 unspecified atom stereocenters. The van der Waals surface area contributed by atoms with Crippen LogP contribution in [-0.2, 0) is 19.2 Å². The summed E-state index contributed by atoms with van der Waals surface area (Å²) in [4.78, 5) is 62.6. The number of anilines is 1. The quantitative estimate of drug-likeness (QED) is 0.0756. The number of aromatic hydroxyl groups is 2. The normalized spacial score (nSPS) is 20.4. The lowest BCUT2D eigenvalue weighted by Gasteiger charge is -2.49. The molecule has 19 heteroatoms. The zero-order valence-electron chi connectivity index (χ0n) is 24.5. The summed E-state index contributed by atoms with van der Waals surface area (Å²) in [7, 11) is 0. The van der Waals surface area contributed by atoms with Gasteiger partial charge in [0.25, 0.3) is 11.8 Å². The number of phenolic OH excluding ortho intramolecular Hbond substituents is 1. The first kappa shape index (κ1) is 32.0. The minimum atomic E-state index is -1.57. The zero-order valence-corrected chi connectivity index (χ0v) is 26.1. The van der Waals surface area contributed by atoms with Crippen LogP contribution in [0.5, 0.6) is 11.5 Å². The number of carboxylic acid groups (broad SMARTS) is 2. The number of hydrogen-bond donors (Lipinski definition) is 7. The highest BCUT2D eigenvalue weighted by atomic mass is 32.2. The fourth-order valence-electron chi connectivity index (χ4n) is 5.27. The number of carbonyl (C=O) groups is 4. The summed E-state index contributed by atoms with van der Waals surface area (Å²) in [5, 5.41) is 48.5. The number of oxime groups is 1. The number of nitrogens with zero attached hydrogens (tertiary/aromatic N) is 5. The van der Waals surface area contributed by atoms with Gasteiger partial charge in [-0.15, -0.1) is 23.1 Å². The molecular weight excluding hydrogens is 669 g/mol. The van der Waals surface area contributed by atoms with E-state index in [0.29, 0.717) is 12.1 Å². The SMILES string of the molecule is Nc1nc(C(ON=CC(=O)NC2C(=O)N3C(C(=O)O)=C(/C=C/CN4C=CN5NC=CC=C45)CSC23)c2ccc(O)c(O)c2C(=O)O)cs1. The number of nitrogens with one attached hydrogen (secondary N) is 2. The maximum Gasteiger partial charge on any atom is 0.352 e. The molecule has 1 aromatic carbocycles. The molecule has 0 aliphatic carbocycles. The zero-order chi connectivity index (χ0) is 34.1. The number of hydrazine groups is 1. The third-order valence-electron chi connectivity index (χ3n) is 7.44. The molecule has 0 radical (unpaired) electrons. The maximum atomic E-state index is 13.1. The van der Waals surface area contributed by atoms with Gasteiger partial charge in [0.1, 0.15) is 40.4 Å². The number of phenols is 2. The van der Waals surface area contributed by atoms with Gasteiger partial charge in [-0.3, -0.25) is 14.5 Å². The van der Waals surface area contributed by atoms with E-state index in [4.69, 9.17) is 10.6 Å². The molecular formula is C29H26N8O9S2. The molecule has 5 heterocycles. The van der Waals surface area contributed by atoms with Crippen LogP contribution < -0.4 is 16.5 Å². The van der Waals surface area contributed by atoms with Crippen LogP contribution >= 0.6 is 23.1 Å². The van der Waals surface area contributed by atoms with Gasteiger partial charge in [0.05, 0.1) is 0 Å². The summed E-state index contributed by atoms with van der Waals surface area (Å²) < 4.78 is 0. The summed E-state index contributed by atoms with van der Waals surface area (Å²) in [5.74, 6) is -4.74. The highest BCUT2D eigenvalue weighted by Crippen LogP contribution is 2.41. The van der Waals surface area contributed by atoms with Crippen molar-refractivity contribution in [2.75, 3.05) is 18.0 Å². The summed E-state index contributed by atoms with van der Waals surface area (Å²) in [6.07, 6.45) is 12.1. The van der Waals surface area contributed by atoms with Gasteiger partial charge in [-0.1, -0.05) is 17.3 Å². The number of benzene rings is 1. The van der Waals surface area contributed by atoms with E-state index in [1.165, 1.54) is 23.2 Å². The molecule has 0 saturated carbocycles. The van der Waals surface area contributed by atoms with Crippen molar-refractivity contribution < 1.29 is 44.4 Å². The van der Waals surface area contributed by atoms with E-state index >= 15 is 0 Å². The topological polar surface area (TPSA) is 243 Å². The lowest BCUT2D eigenvalue weighted by molar-refractivity contribution is -0.150. The Labute approximate surface area is 279 Å². The van der Waals surface area contributed by atoms with E-state index in [0.717, 1.165) is 34.3 Å². The number of rotatable bonds is 11. The molecule has 1 fully saturated rings. The second-order valence-electron chi connectivity index (χ2n) is 10.3. The van der Waals surface area contributed by atoms with Crippen molar-refractivity contribution in [2.24, 2.45) is 5.16 Å². The number of fused-ring (bicyclic) bond motifs is 2. The van der Waals surface area contributed by atoms with Crippen molar-refractivity contribution in [1.82, 2.24) is 30.5 Å². The third kappa shape index (κ3) is 5.98. The van der Waals surface area contributed by atoms with Crippen LogP contribution in [-0.4, -0.2) is 93.9 Å². The van der Waals surface area contributed by atoms with Crippen LogP contribution in [0, 0.1) is 0 Å². The van der Waals surface area contributed by atoms with Crippen molar-refractivity contribution in [3.8, 4) is 11.5 Å². The monoisotopic (exact) mass is 694 g/mol. The van der Waals surface area contributed by atoms with Crippen LogP contribution in [0.4, 0.5) is 5.13 Å². The van der Waals surface area contributed by atoms with Crippen LogP contribution in [0.2, 0.25) is 0 Å². The van der Waals surface area contributed by atoms with Crippen LogP contribution in [0.25, 0.3) is 0 Å². The fraction of sp³-hybridized carbons (Fsp3) is 0.172. The number of amides is 2. The molecule has 4 aliphatic rings. The average molecular weight is 695 g/mol. The molecule has 3 atom stereocenters. The standard InChI is InChI=1S/C29H26N8O9S2/c30-29-33-16(13-48-29)24(15-5-6-17(38)23(40)20(15)27(42)43)46-32-11-18(39)34-21-25(41)37-22(28(44)45)14(12-47-26(21)37)3-2-8-35-9-10-36-19(35)4-1-7-31-36/h1-7,9-11,13,21,24,26,31,38,40H,8,12H2,(H2,30,33)(H,34,39)(H,42,43)(H,44,45)/b3-2+,32-11?. The molecule has 248 valence electrons. The average Bonchev–Trinajstić information content (AvgIpc) is 3.68. The Bertz CT molecular complexity index is 1880. The third-order valence-corrected chi connectivity index (χ3v) is 9.44. The van der Waals surface area contributed by atoms with E-state index in [1.54, 1.807) is 18.4 Å². The minimum Gasteiger partial charge on any atom is -0.504 e. The van der Waals surface area contributed by atoms with Gasteiger partial charge in [-0.05, 0) is 29.9 Å². The highest BCUT2D eigenvalue weighted by molar-refractivity contribution is 8.00. The first-order valence-electron chi connectivity index (χ1n) is 14.0.